The molecule has 1 fully saturated rings. The van der Waals surface area contributed by atoms with Crippen molar-refractivity contribution in [3.8, 4) is 0 Å². The quantitative estimate of drug-likeness (QED) is 0.547. The zero-order valence-electron chi connectivity index (χ0n) is 15.5. The van der Waals surface area contributed by atoms with Crippen LogP contribution in [0.1, 0.15) is 11.1 Å². The van der Waals surface area contributed by atoms with Gasteiger partial charge in [0.15, 0.2) is 10.8 Å². The van der Waals surface area contributed by atoms with Crippen LogP contribution in [0, 0.1) is 0 Å². The largest absolute Gasteiger partial charge is 0.417 e. The van der Waals surface area contributed by atoms with Gasteiger partial charge in [-0.15, -0.1) is 10.2 Å². The summed E-state index contributed by atoms with van der Waals surface area (Å²) in [6.07, 6.45) is -3.51. The SMILES string of the molecule is O=S(=O)(c1cccc(CSc2nnc3ccc(C(F)(F)F)cn23)c1)N1CCOCC1. The van der Waals surface area contributed by atoms with Gasteiger partial charge in [0.1, 0.15) is 0 Å². The van der Waals surface area contributed by atoms with Gasteiger partial charge in [0, 0.05) is 25.0 Å². The third kappa shape index (κ3) is 4.31. The van der Waals surface area contributed by atoms with E-state index >= 15 is 0 Å². The van der Waals surface area contributed by atoms with Crippen molar-refractivity contribution in [3.63, 3.8) is 0 Å². The monoisotopic (exact) mass is 458 g/mol. The van der Waals surface area contributed by atoms with Gasteiger partial charge in [-0.3, -0.25) is 4.40 Å². The van der Waals surface area contributed by atoms with E-state index in [0.717, 1.165) is 12.3 Å². The Morgan fingerprint density at radius 1 is 1.10 bits per heavy atom. The number of hydrogen-bond acceptors (Lipinski definition) is 6. The average molecular weight is 458 g/mol. The zero-order chi connectivity index (χ0) is 21.4. The molecule has 1 aromatic carbocycles. The first-order valence-corrected chi connectivity index (χ1v) is 11.4. The second kappa shape index (κ2) is 8.17. The molecule has 0 bridgehead atoms. The highest BCUT2D eigenvalue weighted by atomic mass is 32.2. The summed E-state index contributed by atoms with van der Waals surface area (Å²) in [5, 5.41) is 8.12. The highest BCUT2D eigenvalue weighted by Crippen LogP contribution is 2.31. The number of benzene rings is 1. The average Bonchev–Trinajstić information content (AvgIpc) is 3.15. The first-order valence-electron chi connectivity index (χ1n) is 8.97. The van der Waals surface area contributed by atoms with Gasteiger partial charge >= 0.3 is 6.18 Å². The molecule has 0 radical (unpaired) electrons. The summed E-state index contributed by atoms with van der Waals surface area (Å²) in [5.74, 6) is 0.323. The Morgan fingerprint density at radius 3 is 2.60 bits per heavy atom. The van der Waals surface area contributed by atoms with Crippen LogP contribution in [0.5, 0.6) is 0 Å². The Balaban J connectivity index is 1.54. The second-order valence-electron chi connectivity index (χ2n) is 6.58. The van der Waals surface area contributed by atoms with E-state index in [4.69, 9.17) is 4.74 Å². The maximum absolute atomic E-state index is 13.0. The van der Waals surface area contributed by atoms with E-state index in [2.05, 4.69) is 10.2 Å². The minimum absolute atomic E-state index is 0.174. The van der Waals surface area contributed by atoms with Gasteiger partial charge in [0.2, 0.25) is 10.0 Å². The lowest BCUT2D eigenvalue weighted by molar-refractivity contribution is -0.137. The normalized spacial score (nSPS) is 16.2. The number of sulfonamides is 1. The van der Waals surface area contributed by atoms with Crippen molar-refractivity contribution in [1.29, 1.82) is 0 Å². The Hall–Kier alpha value is -2.15. The Labute approximate surface area is 174 Å². The molecule has 0 N–H and O–H groups in total. The highest BCUT2D eigenvalue weighted by Gasteiger charge is 2.31. The molecular formula is C18H17F3N4O3S2. The Morgan fingerprint density at radius 2 is 1.87 bits per heavy atom. The number of pyridine rings is 1. The molecule has 12 heteroatoms. The highest BCUT2D eigenvalue weighted by molar-refractivity contribution is 7.98. The number of alkyl halides is 3. The molecule has 30 heavy (non-hydrogen) atoms. The predicted octanol–water partition coefficient (Wildman–Crippen LogP) is 3.06. The second-order valence-corrected chi connectivity index (χ2v) is 9.46. The maximum atomic E-state index is 13.0. The summed E-state index contributed by atoms with van der Waals surface area (Å²) in [6, 6.07) is 8.72. The van der Waals surface area contributed by atoms with Crippen molar-refractivity contribution in [2.75, 3.05) is 26.3 Å². The molecule has 160 valence electrons. The number of hydrogen-bond donors (Lipinski definition) is 0. The molecule has 1 saturated heterocycles. The van der Waals surface area contributed by atoms with Crippen molar-refractivity contribution >= 4 is 27.4 Å². The minimum atomic E-state index is -4.47. The molecule has 2 aromatic heterocycles. The molecule has 0 spiro atoms. The summed E-state index contributed by atoms with van der Waals surface area (Å²) < 4.78 is 72.4. The third-order valence-electron chi connectivity index (χ3n) is 4.57. The number of thioether (sulfide) groups is 1. The molecule has 7 nitrogen and oxygen atoms in total. The molecule has 4 rings (SSSR count). The molecule has 0 unspecified atom stereocenters. The minimum Gasteiger partial charge on any atom is -0.379 e. The van der Waals surface area contributed by atoms with Gasteiger partial charge in [-0.1, -0.05) is 23.9 Å². The van der Waals surface area contributed by atoms with Gasteiger partial charge in [0.05, 0.1) is 23.7 Å². The van der Waals surface area contributed by atoms with E-state index in [1.165, 1.54) is 32.6 Å². The van der Waals surface area contributed by atoms with Crippen LogP contribution in [-0.2, 0) is 26.7 Å². The predicted molar refractivity (Wildman–Crippen MR) is 104 cm³/mol. The molecule has 0 aliphatic carbocycles. The fourth-order valence-corrected chi connectivity index (χ4v) is 5.35. The van der Waals surface area contributed by atoms with Gasteiger partial charge in [-0.05, 0) is 29.8 Å². The lowest BCUT2D eigenvalue weighted by Gasteiger charge is -2.26. The standard InChI is InChI=1S/C18H17F3N4O3S2/c19-18(20,21)14-4-5-16-22-23-17(25(16)11-14)29-12-13-2-1-3-15(10-13)30(26,27)24-6-8-28-9-7-24/h1-5,10-11H,6-9,12H2. The summed E-state index contributed by atoms with van der Waals surface area (Å²) in [5.41, 5.74) is 0.211. The number of fused-ring (bicyclic) bond motifs is 1. The Kier molecular flexibility index (Phi) is 5.75. The topological polar surface area (TPSA) is 76.8 Å². The van der Waals surface area contributed by atoms with E-state index in [1.54, 1.807) is 18.2 Å². The summed E-state index contributed by atoms with van der Waals surface area (Å²) >= 11 is 1.18. The molecule has 1 aliphatic heterocycles. The number of halogens is 3. The van der Waals surface area contributed by atoms with Gasteiger partial charge in [-0.25, -0.2) is 8.42 Å². The van der Waals surface area contributed by atoms with Crippen molar-refractivity contribution in [3.05, 3.63) is 53.7 Å². The van der Waals surface area contributed by atoms with Gasteiger partial charge in [-0.2, -0.15) is 17.5 Å². The van der Waals surface area contributed by atoms with E-state index < -0.39 is 21.8 Å². The van der Waals surface area contributed by atoms with E-state index in [1.807, 2.05) is 0 Å². The zero-order valence-corrected chi connectivity index (χ0v) is 17.2. The van der Waals surface area contributed by atoms with Crippen LogP contribution < -0.4 is 0 Å². The molecule has 3 heterocycles. The first-order chi connectivity index (χ1) is 14.2. The number of nitrogens with zero attached hydrogens (tertiary/aromatic N) is 4. The van der Waals surface area contributed by atoms with Crippen LogP contribution in [-0.4, -0.2) is 53.6 Å². The summed E-state index contributed by atoms with van der Waals surface area (Å²) in [4.78, 5) is 0.174. The lowest BCUT2D eigenvalue weighted by atomic mass is 10.2. The molecule has 0 amide bonds. The van der Waals surface area contributed by atoms with Crippen LogP contribution in [0.3, 0.4) is 0 Å². The number of morpholine rings is 1. The van der Waals surface area contributed by atoms with Crippen LogP contribution in [0.2, 0.25) is 0 Å². The molecular weight excluding hydrogens is 441 g/mol. The molecule has 1 aliphatic rings. The lowest BCUT2D eigenvalue weighted by Crippen LogP contribution is -2.40. The van der Waals surface area contributed by atoms with E-state index in [-0.39, 0.29) is 10.1 Å². The van der Waals surface area contributed by atoms with Crippen molar-refractivity contribution in [1.82, 2.24) is 18.9 Å². The van der Waals surface area contributed by atoms with Crippen LogP contribution in [0.25, 0.3) is 5.65 Å². The van der Waals surface area contributed by atoms with Gasteiger partial charge < -0.3 is 4.74 Å². The number of ether oxygens (including phenoxy) is 1. The Bertz CT molecular complexity index is 1160. The van der Waals surface area contributed by atoms with Crippen LogP contribution in [0.4, 0.5) is 13.2 Å². The van der Waals surface area contributed by atoms with Crippen molar-refractivity contribution in [2.24, 2.45) is 0 Å². The third-order valence-corrected chi connectivity index (χ3v) is 7.48. The van der Waals surface area contributed by atoms with E-state index in [9.17, 15) is 21.6 Å². The molecule has 0 saturated carbocycles. The summed E-state index contributed by atoms with van der Waals surface area (Å²) in [6.45, 7) is 1.31. The number of rotatable bonds is 5. The first kappa shape index (κ1) is 21.1. The fourth-order valence-electron chi connectivity index (χ4n) is 3.02. The van der Waals surface area contributed by atoms with Crippen molar-refractivity contribution < 1.29 is 26.3 Å². The number of aromatic nitrogens is 3. The van der Waals surface area contributed by atoms with Crippen LogP contribution in [0.15, 0.2) is 52.6 Å². The van der Waals surface area contributed by atoms with Crippen LogP contribution >= 0.6 is 11.8 Å². The smallest absolute Gasteiger partial charge is 0.379 e. The summed E-state index contributed by atoms with van der Waals surface area (Å²) in [7, 11) is -3.63. The van der Waals surface area contributed by atoms with Gasteiger partial charge in [0.25, 0.3) is 0 Å². The molecule has 3 aromatic rings. The van der Waals surface area contributed by atoms with Crippen molar-refractivity contribution in [2.45, 2.75) is 22.0 Å². The fraction of sp³-hybridized carbons (Fsp3) is 0.333. The molecule has 0 atom stereocenters. The van der Waals surface area contributed by atoms with E-state index in [0.29, 0.717) is 43.3 Å². The maximum Gasteiger partial charge on any atom is 0.417 e.